The van der Waals surface area contributed by atoms with Gasteiger partial charge in [-0.05, 0) is 74.7 Å². The van der Waals surface area contributed by atoms with Gasteiger partial charge in [-0.1, -0.05) is 13.8 Å². The third kappa shape index (κ3) is 4.48. The second kappa shape index (κ2) is 10.4. The second-order valence-corrected chi connectivity index (χ2v) is 8.94. The van der Waals surface area contributed by atoms with Crippen LogP contribution in [0.4, 0.5) is 0 Å². The molecule has 33 heavy (non-hydrogen) atoms. The van der Waals surface area contributed by atoms with Crippen molar-refractivity contribution in [2.24, 2.45) is 0 Å². The first-order chi connectivity index (χ1) is 15.4. The number of methoxy groups -OCH3 is 2. The van der Waals surface area contributed by atoms with E-state index in [1.54, 1.807) is 14.2 Å². The second-order valence-electron chi connectivity index (χ2n) is 8.94. The number of hydrogen-bond acceptors (Lipinski definition) is 6. The van der Waals surface area contributed by atoms with Crippen LogP contribution in [-0.2, 0) is 12.8 Å². The predicted octanol–water partition coefficient (Wildman–Crippen LogP) is 5.50. The average Bonchev–Trinajstić information content (AvgIpc) is 2.80. The maximum Gasteiger partial charge on any atom is 0.201 e. The smallest absolute Gasteiger partial charge is 0.201 e. The molecular weight excluding hydrogens is 440 g/mol. The van der Waals surface area contributed by atoms with E-state index in [-0.39, 0.29) is 24.2 Å². The number of hydrogen-bond donors (Lipinski definition) is 1. The number of phenols is 1. The number of phenolic OH excluding ortho intramolecular Hbond substituents is 1. The predicted molar refractivity (Wildman–Crippen MR) is 134 cm³/mol. The highest BCUT2D eigenvalue weighted by Crippen LogP contribution is 2.51. The molecule has 2 unspecified atom stereocenters. The SMILES string of the molecule is CCC1c2cc(Oc3c(O)c(OC)cc4c3C(CC)N(C)CC4)c(OC)cc2CCN1C.Cl. The van der Waals surface area contributed by atoms with Crippen molar-refractivity contribution in [3.8, 4) is 28.7 Å². The Kier molecular flexibility index (Phi) is 8.04. The Morgan fingerprint density at radius 2 is 1.42 bits per heavy atom. The van der Waals surface area contributed by atoms with Gasteiger partial charge in [0.05, 0.1) is 14.2 Å². The first kappa shape index (κ1) is 25.5. The quantitative estimate of drug-likeness (QED) is 0.594. The van der Waals surface area contributed by atoms with Crippen LogP contribution in [-0.4, -0.2) is 56.3 Å². The van der Waals surface area contributed by atoms with Gasteiger partial charge in [0.1, 0.15) is 0 Å². The summed E-state index contributed by atoms with van der Waals surface area (Å²) in [6.45, 7) is 6.38. The van der Waals surface area contributed by atoms with Crippen molar-refractivity contribution in [1.82, 2.24) is 9.80 Å². The lowest BCUT2D eigenvalue weighted by Crippen LogP contribution is -2.32. The molecule has 4 rings (SSSR count). The van der Waals surface area contributed by atoms with Gasteiger partial charge < -0.3 is 19.3 Å². The Labute approximate surface area is 203 Å². The molecule has 2 atom stereocenters. The molecule has 7 heteroatoms. The van der Waals surface area contributed by atoms with E-state index in [0.717, 1.165) is 44.3 Å². The molecule has 2 aromatic carbocycles. The fourth-order valence-corrected chi connectivity index (χ4v) is 5.42. The highest BCUT2D eigenvalue weighted by atomic mass is 35.5. The minimum absolute atomic E-state index is 0. The Morgan fingerprint density at radius 1 is 0.848 bits per heavy atom. The van der Waals surface area contributed by atoms with Crippen molar-refractivity contribution >= 4 is 12.4 Å². The maximum atomic E-state index is 11.1. The fourth-order valence-electron chi connectivity index (χ4n) is 5.42. The lowest BCUT2D eigenvalue weighted by molar-refractivity contribution is 0.216. The molecule has 2 heterocycles. The Morgan fingerprint density at radius 3 is 2.03 bits per heavy atom. The van der Waals surface area contributed by atoms with Crippen molar-refractivity contribution in [2.45, 2.75) is 51.6 Å². The Hall–Kier alpha value is -2.15. The monoisotopic (exact) mass is 476 g/mol. The van der Waals surface area contributed by atoms with Gasteiger partial charge in [0, 0.05) is 30.7 Å². The molecule has 6 nitrogen and oxygen atoms in total. The number of nitrogens with zero attached hydrogens (tertiary/aromatic N) is 2. The van der Waals surface area contributed by atoms with Crippen molar-refractivity contribution < 1.29 is 19.3 Å². The van der Waals surface area contributed by atoms with E-state index in [9.17, 15) is 5.11 Å². The number of rotatable bonds is 6. The molecule has 0 bridgehead atoms. The van der Waals surface area contributed by atoms with Gasteiger partial charge in [-0.3, -0.25) is 9.80 Å². The number of halogens is 1. The van der Waals surface area contributed by atoms with Crippen LogP contribution in [0, 0.1) is 0 Å². The fraction of sp³-hybridized carbons (Fsp3) is 0.538. The Bertz CT molecular complexity index is 997. The Balaban J connectivity index is 0.00000306. The summed E-state index contributed by atoms with van der Waals surface area (Å²) in [5, 5.41) is 11.1. The van der Waals surface area contributed by atoms with Gasteiger partial charge in [0.2, 0.25) is 5.75 Å². The van der Waals surface area contributed by atoms with E-state index >= 15 is 0 Å². The molecule has 2 aliphatic rings. The van der Waals surface area contributed by atoms with Gasteiger partial charge in [-0.25, -0.2) is 0 Å². The minimum atomic E-state index is 0. The highest BCUT2D eigenvalue weighted by molar-refractivity contribution is 5.85. The molecule has 1 N–H and O–H groups in total. The lowest BCUT2D eigenvalue weighted by atomic mass is 9.89. The van der Waals surface area contributed by atoms with E-state index in [2.05, 4.69) is 49.9 Å². The van der Waals surface area contributed by atoms with Gasteiger partial charge in [-0.15, -0.1) is 12.4 Å². The van der Waals surface area contributed by atoms with Crippen LogP contribution in [0.25, 0.3) is 0 Å². The molecular formula is C26H37ClN2O4. The van der Waals surface area contributed by atoms with Gasteiger partial charge in [0.15, 0.2) is 23.0 Å². The third-order valence-corrected chi connectivity index (χ3v) is 7.20. The summed E-state index contributed by atoms with van der Waals surface area (Å²) >= 11 is 0. The summed E-state index contributed by atoms with van der Waals surface area (Å²) < 4.78 is 17.8. The van der Waals surface area contributed by atoms with Crippen LogP contribution >= 0.6 is 12.4 Å². The largest absolute Gasteiger partial charge is 0.502 e. The van der Waals surface area contributed by atoms with Gasteiger partial charge in [-0.2, -0.15) is 0 Å². The summed E-state index contributed by atoms with van der Waals surface area (Å²) in [4.78, 5) is 4.72. The molecule has 0 amide bonds. The van der Waals surface area contributed by atoms with Crippen molar-refractivity contribution in [2.75, 3.05) is 41.4 Å². The third-order valence-electron chi connectivity index (χ3n) is 7.20. The van der Waals surface area contributed by atoms with E-state index in [0.29, 0.717) is 29.0 Å². The maximum absolute atomic E-state index is 11.1. The molecule has 0 fully saturated rings. The molecule has 0 saturated carbocycles. The van der Waals surface area contributed by atoms with E-state index < -0.39 is 0 Å². The minimum Gasteiger partial charge on any atom is -0.502 e. The number of benzene rings is 2. The molecule has 0 saturated heterocycles. The number of aromatic hydroxyl groups is 1. The summed E-state index contributed by atoms with van der Waals surface area (Å²) in [5.74, 6) is 2.29. The van der Waals surface area contributed by atoms with Crippen LogP contribution in [0.15, 0.2) is 18.2 Å². The molecule has 0 spiro atoms. The van der Waals surface area contributed by atoms with Crippen LogP contribution in [0.3, 0.4) is 0 Å². The first-order valence-electron chi connectivity index (χ1n) is 11.6. The summed E-state index contributed by atoms with van der Waals surface area (Å²) in [6, 6.07) is 6.68. The number of likely N-dealkylation sites (N-methyl/N-ethyl adjacent to an activating group) is 2. The van der Waals surface area contributed by atoms with Crippen LogP contribution in [0.5, 0.6) is 28.7 Å². The topological polar surface area (TPSA) is 54.4 Å². The molecule has 0 aromatic heterocycles. The summed E-state index contributed by atoms with van der Waals surface area (Å²) in [7, 11) is 7.56. The first-order valence-corrected chi connectivity index (χ1v) is 11.6. The molecule has 2 aliphatic heterocycles. The lowest BCUT2D eigenvalue weighted by Gasteiger charge is -2.36. The normalized spacial score (nSPS) is 20.4. The highest BCUT2D eigenvalue weighted by Gasteiger charge is 2.32. The van der Waals surface area contributed by atoms with Crippen molar-refractivity contribution in [3.63, 3.8) is 0 Å². The summed E-state index contributed by atoms with van der Waals surface area (Å²) in [6.07, 6.45) is 3.83. The van der Waals surface area contributed by atoms with Gasteiger partial charge >= 0.3 is 0 Å². The number of ether oxygens (including phenoxy) is 3. The van der Waals surface area contributed by atoms with Crippen LogP contribution in [0.1, 0.15) is 61.0 Å². The van der Waals surface area contributed by atoms with Crippen LogP contribution in [0.2, 0.25) is 0 Å². The van der Waals surface area contributed by atoms with E-state index in [1.165, 1.54) is 16.7 Å². The molecule has 182 valence electrons. The molecule has 0 radical (unpaired) electrons. The zero-order valence-corrected chi connectivity index (χ0v) is 21.4. The average molecular weight is 477 g/mol. The van der Waals surface area contributed by atoms with Crippen molar-refractivity contribution in [3.05, 3.63) is 40.5 Å². The molecule has 0 aliphatic carbocycles. The zero-order valence-electron chi connectivity index (χ0n) is 20.6. The van der Waals surface area contributed by atoms with E-state index in [1.807, 2.05) is 6.07 Å². The van der Waals surface area contributed by atoms with Crippen molar-refractivity contribution in [1.29, 1.82) is 0 Å². The van der Waals surface area contributed by atoms with Gasteiger partial charge in [0.25, 0.3) is 0 Å². The standard InChI is InChI=1S/C26H36N2O4.ClH/c1-7-19-18-15-22(21(30-5)13-16(18)9-11-27(19)3)32-26-24-17(14-23(31-6)25(26)29)10-12-28(4)20(24)8-2;/h13-15,19-20,29H,7-12H2,1-6H3;1H. The van der Waals surface area contributed by atoms with Crippen LogP contribution < -0.4 is 14.2 Å². The van der Waals surface area contributed by atoms with E-state index in [4.69, 9.17) is 14.2 Å². The number of fused-ring (bicyclic) bond motifs is 2. The summed E-state index contributed by atoms with van der Waals surface area (Å²) in [5.41, 5.74) is 4.80. The molecule has 2 aromatic rings. The zero-order chi connectivity index (χ0) is 23.0.